The molecule has 0 bridgehead atoms. The SMILES string of the molecule is COc1ccccc1C(=O)Nc1ccc(O)c(C(=O)O)c1. The number of aromatic hydroxyl groups is 1. The molecular weight excluding hydrogens is 274 g/mol. The normalized spacial score (nSPS) is 9.95. The molecular formula is C15H13NO5. The van der Waals surface area contributed by atoms with Crippen LogP contribution >= 0.6 is 0 Å². The first-order valence-electron chi connectivity index (χ1n) is 6.03. The van der Waals surface area contributed by atoms with Crippen molar-refractivity contribution in [2.75, 3.05) is 12.4 Å². The van der Waals surface area contributed by atoms with Crippen LogP contribution in [0.25, 0.3) is 0 Å². The van der Waals surface area contributed by atoms with Crippen LogP contribution in [-0.4, -0.2) is 29.2 Å². The molecule has 0 aliphatic rings. The minimum absolute atomic E-state index is 0.265. The zero-order valence-corrected chi connectivity index (χ0v) is 11.2. The number of amides is 1. The molecule has 3 N–H and O–H groups in total. The maximum absolute atomic E-state index is 12.2. The molecule has 21 heavy (non-hydrogen) atoms. The van der Waals surface area contributed by atoms with Crippen LogP contribution in [0.1, 0.15) is 20.7 Å². The zero-order valence-electron chi connectivity index (χ0n) is 11.2. The van der Waals surface area contributed by atoms with Gasteiger partial charge in [-0.25, -0.2) is 4.79 Å². The van der Waals surface area contributed by atoms with E-state index in [2.05, 4.69) is 5.32 Å². The number of ether oxygens (including phenoxy) is 1. The number of aromatic carboxylic acids is 1. The Kier molecular flexibility index (Phi) is 4.08. The van der Waals surface area contributed by atoms with Crippen molar-refractivity contribution >= 4 is 17.6 Å². The molecule has 6 heteroatoms. The Balaban J connectivity index is 2.28. The molecule has 0 aliphatic heterocycles. The monoisotopic (exact) mass is 287 g/mol. The predicted molar refractivity (Wildman–Crippen MR) is 76.0 cm³/mol. The molecule has 0 radical (unpaired) electrons. The molecule has 0 fully saturated rings. The molecule has 0 saturated carbocycles. The van der Waals surface area contributed by atoms with Crippen molar-refractivity contribution in [2.24, 2.45) is 0 Å². The molecule has 6 nitrogen and oxygen atoms in total. The van der Waals surface area contributed by atoms with Gasteiger partial charge in [0.05, 0.1) is 12.7 Å². The topological polar surface area (TPSA) is 95.9 Å². The second-order valence-electron chi connectivity index (χ2n) is 4.19. The average molecular weight is 287 g/mol. The number of carbonyl (C=O) groups is 2. The molecule has 0 heterocycles. The van der Waals surface area contributed by atoms with Crippen LogP contribution in [0.5, 0.6) is 11.5 Å². The van der Waals surface area contributed by atoms with Gasteiger partial charge in [0.1, 0.15) is 17.1 Å². The smallest absolute Gasteiger partial charge is 0.339 e. The van der Waals surface area contributed by atoms with Crippen molar-refractivity contribution in [3.63, 3.8) is 0 Å². The van der Waals surface area contributed by atoms with Crippen molar-refractivity contribution in [1.29, 1.82) is 0 Å². The number of anilines is 1. The number of rotatable bonds is 4. The maximum Gasteiger partial charge on any atom is 0.339 e. The summed E-state index contributed by atoms with van der Waals surface area (Å²) in [6.45, 7) is 0. The van der Waals surface area contributed by atoms with Crippen molar-refractivity contribution in [3.8, 4) is 11.5 Å². The van der Waals surface area contributed by atoms with Crippen LogP contribution in [0.15, 0.2) is 42.5 Å². The largest absolute Gasteiger partial charge is 0.507 e. The van der Waals surface area contributed by atoms with E-state index in [1.54, 1.807) is 24.3 Å². The van der Waals surface area contributed by atoms with E-state index in [1.807, 2.05) is 0 Å². The summed E-state index contributed by atoms with van der Waals surface area (Å²) in [5, 5.41) is 20.9. The Morgan fingerprint density at radius 1 is 1.10 bits per heavy atom. The van der Waals surface area contributed by atoms with E-state index in [0.29, 0.717) is 11.3 Å². The molecule has 2 rings (SSSR count). The van der Waals surface area contributed by atoms with E-state index < -0.39 is 11.9 Å². The van der Waals surface area contributed by atoms with Crippen LogP contribution in [0.4, 0.5) is 5.69 Å². The number of carboxylic acids is 1. The van der Waals surface area contributed by atoms with Gasteiger partial charge in [0.2, 0.25) is 0 Å². The lowest BCUT2D eigenvalue weighted by Gasteiger charge is -2.10. The van der Waals surface area contributed by atoms with Crippen LogP contribution < -0.4 is 10.1 Å². The van der Waals surface area contributed by atoms with Crippen LogP contribution in [0.2, 0.25) is 0 Å². The molecule has 0 aromatic heterocycles. The minimum Gasteiger partial charge on any atom is -0.507 e. The summed E-state index contributed by atoms with van der Waals surface area (Å²) in [7, 11) is 1.45. The standard InChI is InChI=1S/C15H13NO5/c1-21-13-5-3-2-4-10(13)14(18)16-9-6-7-12(17)11(8-9)15(19)20/h2-8,17H,1H3,(H,16,18)(H,19,20). The molecule has 0 aliphatic carbocycles. The van der Waals surface area contributed by atoms with Crippen molar-refractivity contribution in [3.05, 3.63) is 53.6 Å². The van der Waals surface area contributed by atoms with Gasteiger partial charge in [-0.1, -0.05) is 12.1 Å². The second-order valence-corrected chi connectivity index (χ2v) is 4.19. The fourth-order valence-corrected chi connectivity index (χ4v) is 1.82. The van der Waals surface area contributed by atoms with Gasteiger partial charge in [-0.3, -0.25) is 4.79 Å². The number of carbonyl (C=O) groups excluding carboxylic acids is 1. The fraction of sp³-hybridized carbons (Fsp3) is 0.0667. The number of nitrogens with one attached hydrogen (secondary N) is 1. The lowest BCUT2D eigenvalue weighted by molar-refractivity contribution is 0.0693. The van der Waals surface area contributed by atoms with Crippen molar-refractivity contribution in [1.82, 2.24) is 0 Å². The highest BCUT2D eigenvalue weighted by Crippen LogP contribution is 2.23. The predicted octanol–water partition coefficient (Wildman–Crippen LogP) is 2.35. The van der Waals surface area contributed by atoms with Gasteiger partial charge in [0, 0.05) is 5.69 Å². The van der Waals surface area contributed by atoms with E-state index in [-0.39, 0.29) is 17.0 Å². The Hall–Kier alpha value is -3.02. The van der Waals surface area contributed by atoms with Gasteiger partial charge in [0.25, 0.3) is 5.91 Å². The highest BCUT2D eigenvalue weighted by molar-refractivity contribution is 6.06. The van der Waals surface area contributed by atoms with E-state index in [4.69, 9.17) is 9.84 Å². The fourth-order valence-electron chi connectivity index (χ4n) is 1.82. The summed E-state index contributed by atoms with van der Waals surface area (Å²) < 4.78 is 5.09. The Morgan fingerprint density at radius 3 is 2.48 bits per heavy atom. The Morgan fingerprint density at radius 2 is 1.81 bits per heavy atom. The third-order valence-electron chi connectivity index (χ3n) is 2.84. The average Bonchev–Trinajstić information content (AvgIpc) is 2.48. The van der Waals surface area contributed by atoms with E-state index >= 15 is 0 Å². The number of benzene rings is 2. The molecule has 0 atom stereocenters. The number of para-hydroxylation sites is 1. The number of hydrogen-bond acceptors (Lipinski definition) is 4. The van der Waals surface area contributed by atoms with Crippen molar-refractivity contribution in [2.45, 2.75) is 0 Å². The summed E-state index contributed by atoms with van der Waals surface area (Å²) in [4.78, 5) is 23.1. The first kappa shape index (κ1) is 14.4. The summed E-state index contributed by atoms with van der Waals surface area (Å²) in [5.41, 5.74) is 0.305. The zero-order chi connectivity index (χ0) is 15.4. The van der Waals surface area contributed by atoms with Crippen molar-refractivity contribution < 1.29 is 24.5 Å². The van der Waals surface area contributed by atoms with Crippen LogP contribution in [0.3, 0.4) is 0 Å². The van der Waals surface area contributed by atoms with Gasteiger partial charge >= 0.3 is 5.97 Å². The molecule has 2 aromatic rings. The lowest BCUT2D eigenvalue weighted by atomic mass is 10.1. The second kappa shape index (κ2) is 5.96. The highest BCUT2D eigenvalue weighted by Gasteiger charge is 2.14. The number of phenols is 1. The molecule has 2 aromatic carbocycles. The third kappa shape index (κ3) is 3.11. The molecule has 1 amide bonds. The van der Waals surface area contributed by atoms with E-state index in [0.717, 1.165) is 0 Å². The highest BCUT2D eigenvalue weighted by atomic mass is 16.5. The third-order valence-corrected chi connectivity index (χ3v) is 2.84. The van der Waals surface area contributed by atoms with Gasteiger partial charge in [-0.15, -0.1) is 0 Å². The Bertz CT molecular complexity index is 696. The quantitative estimate of drug-likeness (QED) is 0.750. The molecule has 0 spiro atoms. The van der Waals surface area contributed by atoms with Crippen LogP contribution in [0, 0.1) is 0 Å². The van der Waals surface area contributed by atoms with Gasteiger partial charge in [0.15, 0.2) is 0 Å². The summed E-state index contributed by atoms with van der Waals surface area (Å²) >= 11 is 0. The molecule has 108 valence electrons. The van der Waals surface area contributed by atoms with Gasteiger partial charge in [-0.2, -0.15) is 0 Å². The lowest BCUT2D eigenvalue weighted by Crippen LogP contribution is -2.13. The van der Waals surface area contributed by atoms with Crippen LogP contribution in [-0.2, 0) is 0 Å². The maximum atomic E-state index is 12.2. The number of hydrogen-bond donors (Lipinski definition) is 3. The minimum atomic E-state index is -1.28. The van der Waals surface area contributed by atoms with E-state index in [9.17, 15) is 14.7 Å². The first-order chi connectivity index (χ1) is 10.0. The van der Waals surface area contributed by atoms with Gasteiger partial charge in [-0.05, 0) is 30.3 Å². The first-order valence-corrected chi connectivity index (χ1v) is 6.03. The number of carboxylic acid groups (broad SMARTS) is 1. The Labute approximate surface area is 120 Å². The van der Waals surface area contributed by atoms with Gasteiger partial charge < -0.3 is 20.3 Å². The molecule has 0 unspecified atom stereocenters. The van der Waals surface area contributed by atoms with E-state index in [1.165, 1.54) is 25.3 Å². The summed E-state index contributed by atoms with van der Waals surface area (Å²) in [6, 6.07) is 10.5. The number of methoxy groups -OCH3 is 1. The summed E-state index contributed by atoms with van der Waals surface area (Å²) in [5.74, 6) is -1.67. The molecule has 0 saturated heterocycles. The summed E-state index contributed by atoms with van der Waals surface area (Å²) in [6.07, 6.45) is 0.